The van der Waals surface area contributed by atoms with Crippen LogP contribution >= 0.6 is 0 Å². The van der Waals surface area contributed by atoms with Gasteiger partial charge in [-0.1, -0.05) is 25.0 Å². The van der Waals surface area contributed by atoms with Crippen molar-refractivity contribution in [3.8, 4) is 0 Å². The lowest BCUT2D eigenvalue weighted by atomic mass is 10.1. The van der Waals surface area contributed by atoms with Crippen LogP contribution in [-0.4, -0.2) is 34.5 Å². The summed E-state index contributed by atoms with van der Waals surface area (Å²) in [6.07, 6.45) is 2.85. The fourth-order valence-corrected chi connectivity index (χ4v) is 2.58. The van der Waals surface area contributed by atoms with E-state index in [1.54, 1.807) is 19.1 Å². The van der Waals surface area contributed by atoms with Crippen molar-refractivity contribution in [2.24, 2.45) is 0 Å². The van der Waals surface area contributed by atoms with Gasteiger partial charge in [0.2, 0.25) is 0 Å². The van der Waals surface area contributed by atoms with Crippen molar-refractivity contribution in [1.82, 2.24) is 4.90 Å². The molecule has 5 heteroatoms. The minimum Gasteiger partial charge on any atom is -0.480 e. The molecule has 1 heterocycles. The highest BCUT2D eigenvalue weighted by Gasteiger charge is 2.32. The van der Waals surface area contributed by atoms with Crippen molar-refractivity contribution in [2.75, 3.05) is 6.54 Å². The molecule has 2 rings (SSSR count). The molecule has 0 bridgehead atoms. The molecule has 20 heavy (non-hydrogen) atoms. The number of nitrogens with zero attached hydrogens (tertiary/aromatic N) is 1. The van der Waals surface area contributed by atoms with Crippen LogP contribution in [0, 0.1) is 12.7 Å². The van der Waals surface area contributed by atoms with Crippen LogP contribution in [0.25, 0.3) is 0 Å². The van der Waals surface area contributed by atoms with Crippen LogP contribution in [-0.2, 0) is 4.79 Å². The minimum atomic E-state index is -1.02. The van der Waals surface area contributed by atoms with Gasteiger partial charge in [-0.05, 0) is 31.4 Å². The van der Waals surface area contributed by atoms with Gasteiger partial charge in [-0.2, -0.15) is 0 Å². The van der Waals surface area contributed by atoms with E-state index in [-0.39, 0.29) is 5.56 Å². The van der Waals surface area contributed by atoms with Crippen LogP contribution in [0.3, 0.4) is 0 Å². The molecule has 1 aromatic carbocycles. The SMILES string of the molecule is Cc1cccc(C(=O)N2CCCCCC2C(=O)O)c1F. The highest BCUT2D eigenvalue weighted by molar-refractivity contribution is 5.97. The zero-order valence-corrected chi connectivity index (χ0v) is 11.4. The van der Waals surface area contributed by atoms with Gasteiger partial charge in [0.15, 0.2) is 0 Å². The van der Waals surface area contributed by atoms with Crippen LogP contribution in [0.4, 0.5) is 4.39 Å². The number of hydrogen-bond donors (Lipinski definition) is 1. The Morgan fingerprint density at radius 3 is 2.75 bits per heavy atom. The third-order valence-corrected chi connectivity index (χ3v) is 3.72. The molecule has 1 aromatic rings. The van der Waals surface area contributed by atoms with Crippen LogP contribution in [0.15, 0.2) is 18.2 Å². The van der Waals surface area contributed by atoms with Crippen LogP contribution in [0.2, 0.25) is 0 Å². The average molecular weight is 279 g/mol. The molecule has 4 nitrogen and oxygen atoms in total. The summed E-state index contributed by atoms with van der Waals surface area (Å²) in [6.45, 7) is 1.95. The molecular weight excluding hydrogens is 261 g/mol. The lowest BCUT2D eigenvalue weighted by molar-refractivity contribution is -0.142. The fourth-order valence-electron chi connectivity index (χ4n) is 2.58. The lowest BCUT2D eigenvalue weighted by Crippen LogP contribution is -2.45. The van der Waals surface area contributed by atoms with Crippen LogP contribution in [0.5, 0.6) is 0 Å². The molecule has 1 aliphatic heterocycles. The van der Waals surface area contributed by atoms with Gasteiger partial charge in [0.25, 0.3) is 5.91 Å². The van der Waals surface area contributed by atoms with E-state index in [0.29, 0.717) is 18.5 Å². The molecule has 0 aliphatic carbocycles. The van der Waals surface area contributed by atoms with Gasteiger partial charge in [0.05, 0.1) is 5.56 Å². The van der Waals surface area contributed by atoms with Gasteiger partial charge < -0.3 is 10.0 Å². The number of hydrogen-bond acceptors (Lipinski definition) is 2. The number of carboxylic acid groups (broad SMARTS) is 1. The predicted octanol–water partition coefficient (Wildman–Crippen LogP) is 2.60. The molecule has 1 fully saturated rings. The van der Waals surface area contributed by atoms with E-state index >= 15 is 0 Å². The smallest absolute Gasteiger partial charge is 0.326 e. The number of rotatable bonds is 2. The predicted molar refractivity (Wildman–Crippen MR) is 72.1 cm³/mol. The maximum absolute atomic E-state index is 14.0. The summed E-state index contributed by atoms with van der Waals surface area (Å²) in [5, 5.41) is 9.27. The summed E-state index contributed by atoms with van der Waals surface area (Å²) in [4.78, 5) is 25.1. The number of carboxylic acids is 1. The number of benzene rings is 1. The third kappa shape index (κ3) is 2.81. The Morgan fingerprint density at radius 2 is 2.05 bits per heavy atom. The van der Waals surface area contributed by atoms with Gasteiger partial charge in [-0.15, -0.1) is 0 Å². The number of aliphatic carboxylic acids is 1. The zero-order chi connectivity index (χ0) is 14.7. The van der Waals surface area contributed by atoms with E-state index in [1.165, 1.54) is 11.0 Å². The lowest BCUT2D eigenvalue weighted by Gasteiger charge is -2.27. The number of halogens is 1. The van der Waals surface area contributed by atoms with Gasteiger partial charge in [0.1, 0.15) is 11.9 Å². The molecule has 1 atom stereocenters. The number of likely N-dealkylation sites (tertiary alicyclic amines) is 1. The molecule has 1 unspecified atom stereocenters. The first-order valence-corrected chi connectivity index (χ1v) is 6.81. The second-order valence-corrected chi connectivity index (χ2v) is 5.14. The second kappa shape index (κ2) is 6.03. The second-order valence-electron chi connectivity index (χ2n) is 5.14. The molecule has 108 valence electrons. The van der Waals surface area contributed by atoms with Crippen LogP contribution < -0.4 is 0 Å². The van der Waals surface area contributed by atoms with Gasteiger partial charge >= 0.3 is 5.97 Å². The highest BCUT2D eigenvalue weighted by atomic mass is 19.1. The molecular formula is C15H18FNO3. The van der Waals surface area contributed by atoms with Crippen LogP contribution in [0.1, 0.15) is 41.6 Å². The summed E-state index contributed by atoms with van der Waals surface area (Å²) < 4.78 is 14.0. The number of aryl methyl sites for hydroxylation is 1. The van der Waals surface area contributed by atoms with Crippen molar-refractivity contribution in [2.45, 2.75) is 38.6 Å². The Kier molecular flexibility index (Phi) is 4.37. The van der Waals surface area contributed by atoms with Gasteiger partial charge in [0, 0.05) is 6.54 Å². The summed E-state index contributed by atoms with van der Waals surface area (Å²) in [7, 11) is 0. The number of amides is 1. The number of carbonyl (C=O) groups is 2. The summed E-state index contributed by atoms with van der Waals surface area (Å²) in [6, 6.07) is 3.75. The largest absolute Gasteiger partial charge is 0.480 e. The molecule has 0 saturated carbocycles. The standard InChI is InChI=1S/C15H18FNO3/c1-10-6-5-7-11(13(10)16)14(18)17-9-4-2-3-8-12(17)15(19)20/h5-7,12H,2-4,8-9H2,1H3,(H,19,20). The molecule has 1 amide bonds. The van der Waals surface area contributed by atoms with E-state index in [2.05, 4.69) is 0 Å². The first-order valence-electron chi connectivity index (χ1n) is 6.81. The van der Waals surface area contributed by atoms with E-state index in [1.807, 2.05) is 0 Å². The summed E-state index contributed by atoms with van der Waals surface area (Å²) in [5.74, 6) is -2.11. The quantitative estimate of drug-likeness (QED) is 0.905. The van der Waals surface area contributed by atoms with Crippen molar-refractivity contribution in [1.29, 1.82) is 0 Å². The molecule has 1 aliphatic rings. The third-order valence-electron chi connectivity index (χ3n) is 3.72. The maximum Gasteiger partial charge on any atom is 0.326 e. The van der Waals surface area contributed by atoms with E-state index in [0.717, 1.165) is 19.3 Å². The molecule has 0 radical (unpaired) electrons. The van der Waals surface area contributed by atoms with Gasteiger partial charge in [-0.25, -0.2) is 9.18 Å². The Labute approximate surface area is 117 Å². The molecule has 0 aromatic heterocycles. The van der Waals surface area contributed by atoms with E-state index in [9.17, 15) is 19.1 Å². The zero-order valence-electron chi connectivity index (χ0n) is 11.4. The Bertz CT molecular complexity index is 530. The minimum absolute atomic E-state index is 0.0434. The number of carbonyl (C=O) groups excluding carboxylic acids is 1. The Balaban J connectivity index is 2.33. The molecule has 1 N–H and O–H groups in total. The monoisotopic (exact) mass is 279 g/mol. The normalized spacial score (nSPS) is 19.5. The first kappa shape index (κ1) is 14.5. The van der Waals surface area contributed by atoms with Crippen molar-refractivity contribution >= 4 is 11.9 Å². The Hall–Kier alpha value is -1.91. The van der Waals surface area contributed by atoms with Crippen molar-refractivity contribution < 1.29 is 19.1 Å². The topological polar surface area (TPSA) is 57.6 Å². The fraction of sp³-hybridized carbons (Fsp3) is 0.467. The van der Waals surface area contributed by atoms with Crippen molar-refractivity contribution in [3.63, 3.8) is 0 Å². The Morgan fingerprint density at radius 1 is 1.30 bits per heavy atom. The highest BCUT2D eigenvalue weighted by Crippen LogP contribution is 2.21. The van der Waals surface area contributed by atoms with E-state index in [4.69, 9.17) is 0 Å². The summed E-state index contributed by atoms with van der Waals surface area (Å²) in [5.41, 5.74) is 0.343. The average Bonchev–Trinajstić information content (AvgIpc) is 2.66. The van der Waals surface area contributed by atoms with Crippen molar-refractivity contribution in [3.05, 3.63) is 35.1 Å². The maximum atomic E-state index is 14.0. The molecule has 0 spiro atoms. The summed E-state index contributed by atoms with van der Waals surface area (Å²) >= 11 is 0. The van der Waals surface area contributed by atoms with E-state index < -0.39 is 23.7 Å². The van der Waals surface area contributed by atoms with Gasteiger partial charge in [-0.3, -0.25) is 4.79 Å². The first-order chi connectivity index (χ1) is 9.52. The molecule has 1 saturated heterocycles.